The first-order chi connectivity index (χ1) is 8.12. The summed E-state index contributed by atoms with van der Waals surface area (Å²) in [5.41, 5.74) is 0.568. The highest BCUT2D eigenvalue weighted by atomic mass is 16.5. The molecule has 2 N–H and O–H groups in total. The first kappa shape index (κ1) is 12.4. The smallest absolute Gasteiger partial charge is 0.124 e. The van der Waals surface area contributed by atoms with Crippen molar-refractivity contribution in [3.8, 4) is 5.75 Å². The van der Waals surface area contributed by atoms with E-state index in [1.807, 2.05) is 32.0 Å². The molecule has 0 fully saturated rings. The Bertz CT molecular complexity index is 376. The SMILES string of the molecule is CCC(C)(O)CNC1CCOc2ccccc21. The van der Waals surface area contributed by atoms with Crippen molar-refractivity contribution >= 4 is 0 Å². The molecule has 0 saturated heterocycles. The van der Waals surface area contributed by atoms with Crippen LogP contribution in [0.1, 0.15) is 38.3 Å². The number of nitrogens with one attached hydrogen (secondary N) is 1. The Balaban J connectivity index is 2.04. The maximum atomic E-state index is 10.0. The molecule has 0 spiro atoms. The summed E-state index contributed by atoms with van der Waals surface area (Å²) >= 11 is 0. The lowest BCUT2D eigenvalue weighted by molar-refractivity contribution is 0.0509. The van der Waals surface area contributed by atoms with E-state index < -0.39 is 5.60 Å². The molecule has 1 aliphatic rings. The molecule has 0 aliphatic carbocycles. The minimum atomic E-state index is -0.632. The number of ether oxygens (including phenoxy) is 1. The van der Waals surface area contributed by atoms with Gasteiger partial charge in [-0.15, -0.1) is 0 Å². The van der Waals surface area contributed by atoms with E-state index in [0.717, 1.165) is 25.2 Å². The molecule has 0 aromatic heterocycles. The zero-order valence-electron chi connectivity index (χ0n) is 10.6. The summed E-state index contributed by atoms with van der Waals surface area (Å²) in [7, 11) is 0. The van der Waals surface area contributed by atoms with E-state index in [1.54, 1.807) is 0 Å². The van der Waals surface area contributed by atoms with E-state index in [4.69, 9.17) is 4.74 Å². The van der Waals surface area contributed by atoms with Crippen molar-refractivity contribution < 1.29 is 9.84 Å². The second-order valence-corrected chi connectivity index (χ2v) is 4.96. The highest BCUT2D eigenvalue weighted by Gasteiger charge is 2.24. The van der Waals surface area contributed by atoms with Gasteiger partial charge >= 0.3 is 0 Å². The van der Waals surface area contributed by atoms with Gasteiger partial charge in [0.1, 0.15) is 5.75 Å². The van der Waals surface area contributed by atoms with Crippen molar-refractivity contribution in [2.75, 3.05) is 13.2 Å². The molecule has 0 bridgehead atoms. The summed E-state index contributed by atoms with van der Waals surface area (Å²) in [5.74, 6) is 0.965. The predicted molar refractivity (Wildman–Crippen MR) is 68.2 cm³/mol. The van der Waals surface area contributed by atoms with Crippen LogP contribution in [0.15, 0.2) is 24.3 Å². The van der Waals surface area contributed by atoms with E-state index >= 15 is 0 Å². The van der Waals surface area contributed by atoms with Crippen LogP contribution in [-0.2, 0) is 0 Å². The Kier molecular flexibility index (Phi) is 3.69. The predicted octanol–water partition coefficient (Wildman–Crippen LogP) is 2.26. The highest BCUT2D eigenvalue weighted by Crippen LogP contribution is 2.31. The van der Waals surface area contributed by atoms with E-state index in [9.17, 15) is 5.11 Å². The number of fused-ring (bicyclic) bond motifs is 1. The van der Waals surface area contributed by atoms with E-state index in [2.05, 4.69) is 11.4 Å². The molecule has 1 aliphatic heterocycles. The van der Waals surface area contributed by atoms with Gasteiger partial charge in [-0.2, -0.15) is 0 Å². The third kappa shape index (κ3) is 2.99. The largest absolute Gasteiger partial charge is 0.493 e. The van der Waals surface area contributed by atoms with Gasteiger partial charge in [0.05, 0.1) is 12.2 Å². The third-order valence-electron chi connectivity index (χ3n) is 3.45. The first-order valence-electron chi connectivity index (χ1n) is 6.30. The van der Waals surface area contributed by atoms with Crippen molar-refractivity contribution in [2.45, 2.75) is 38.3 Å². The van der Waals surface area contributed by atoms with Gasteiger partial charge in [-0.3, -0.25) is 0 Å². The Morgan fingerprint density at radius 2 is 2.24 bits per heavy atom. The molecule has 94 valence electrons. The molecule has 0 amide bonds. The van der Waals surface area contributed by atoms with Crippen LogP contribution in [-0.4, -0.2) is 23.9 Å². The summed E-state index contributed by atoms with van der Waals surface area (Å²) < 4.78 is 5.61. The number of para-hydroxylation sites is 1. The molecular formula is C14H21NO2. The fourth-order valence-electron chi connectivity index (χ4n) is 2.02. The standard InChI is InChI=1S/C14H21NO2/c1-3-14(2,16)10-15-12-8-9-17-13-7-5-4-6-11(12)13/h4-7,12,15-16H,3,8-10H2,1-2H3. The average Bonchev–Trinajstić information content (AvgIpc) is 2.36. The molecule has 0 radical (unpaired) electrons. The summed E-state index contributed by atoms with van der Waals surface area (Å²) in [6.45, 7) is 5.22. The normalized spacial score (nSPS) is 22.4. The zero-order valence-corrected chi connectivity index (χ0v) is 10.6. The number of hydrogen-bond donors (Lipinski definition) is 2. The van der Waals surface area contributed by atoms with Crippen LogP contribution in [0.2, 0.25) is 0 Å². The van der Waals surface area contributed by atoms with Crippen LogP contribution < -0.4 is 10.1 Å². The molecule has 3 heteroatoms. The molecule has 3 nitrogen and oxygen atoms in total. The van der Waals surface area contributed by atoms with Crippen molar-refractivity contribution in [1.82, 2.24) is 5.32 Å². The van der Waals surface area contributed by atoms with Gasteiger partial charge in [-0.1, -0.05) is 25.1 Å². The minimum absolute atomic E-state index is 0.290. The molecule has 2 atom stereocenters. The van der Waals surface area contributed by atoms with Crippen LogP contribution in [0.25, 0.3) is 0 Å². The second kappa shape index (κ2) is 5.07. The molecule has 2 unspecified atom stereocenters. The lowest BCUT2D eigenvalue weighted by Gasteiger charge is -2.30. The molecular weight excluding hydrogens is 214 g/mol. The lowest BCUT2D eigenvalue weighted by atomic mass is 9.98. The van der Waals surface area contributed by atoms with Crippen LogP contribution in [0.4, 0.5) is 0 Å². The van der Waals surface area contributed by atoms with Crippen LogP contribution in [0.5, 0.6) is 5.75 Å². The summed E-state index contributed by atoms with van der Waals surface area (Å²) in [6, 6.07) is 8.40. The summed E-state index contributed by atoms with van der Waals surface area (Å²) in [4.78, 5) is 0. The third-order valence-corrected chi connectivity index (χ3v) is 3.45. The fraction of sp³-hybridized carbons (Fsp3) is 0.571. The van der Waals surface area contributed by atoms with Crippen LogP contribution >= 0.6 is 0 Å². The van der Waals surface area contributed by atoms with E-state index in [-0.39, 0.29) is 6.04 Å². The molecule has 0 saturated carbocycles. The maximum Gasteiger partial charge on any atom is 0.124 e. The second-order valence-electron chi connectivity index (χ2n) is 4.96. The van der Waals surface area contributed by atoms with Crippen LogP contribution in [0, 0.1) is 0 Å². The minimum Gasteiger partial charge on any atom is -0.493 e. The highest BCUT2D eigenvalue weighted by molar-refractivity contribution is 5.37. The Hall–Kier alpha value is -1.06. The Morgan fingerprint density at radius 3 is 3.00 bits per heavy atom. The molecule has 2 rings (SSSR count). The summed E-state index contributed by atoms with van der Waals surface area (Å²) in [5, 5.41) is 13.4. The van der Waals surface area contributed by atoms with E-state index in [1.165, 1.54) is 5.56 Å². The van der Waals surface area contributed by atoms with E-state index in [0.29, 0.717) is 6.54 Å². The number of aliphatic hydroxyl groups is 1. The first-order valence-corrected chi connectivity index (χ1v) is 6.30. The maximum absolute atomic E-state index is 10.0. The van der Waals surface area contributed by atoms with Crippen molar-refractivity contribution in [1.29, 1.82) is 0 Å². The number of benzene rings is 1. The van der Waals surface area contributed by atoms with Gasteiger partial charge in [0.2, 0.25) is 0 Å². The van der Waals surface area contributed by atoms with Gasteiger partial charge in [0, 0.05) is 24.6 Å². The average molecular weight is 235 g/mol. The molecule has 17 heavy (non-hydrogen) atoms. The Morgan fingerprint density at radius 1 is 1.47 bits per heavy atom. The van der Waals surface area contributed by atoms with Crippen molar-refractivity contribution in [3.63, 3.8) is 0 Å². The zero-order chi connectivity index (χ0) is 12.3. The van der Waals surface area contributed by atoms with Gasteiger partial charge in [0.25, 0.3) is 0 Å². The Labute approximate surface area is 103 Å². The van der Waals surface area contributed by atoms with Crippen molar-refractivity contribution in [2.24, 2.45) is 0 Å². The fourth-order valence-corrected chi connectivity index (χ4v) is 2.02. The van der Waals surface area contributed by atoms with Gasteiger partial charge in [-0.25, -0.2) is 0 Å². The topological polar surface area (TPSA) is 41.5 Å². The molecule has 1 aromatic rings. The molecule has 1 aromatic carbocycles. The van der Waals surface area contributed by atoms with Crippen molar-refractivity contribution in [3.05, 3.63) is 29.8 Å². The van der Waals surface area contributed by atoms with Gasteiger partial charge in [-0.05, 0) is 19.4 Å². The number of hydrogen-bond acceptors (Lipinski definition) is 3. The van der Waals surface area contributed by atoms with Crippen LogP contribution in [0.3, 0.4) is 0 Å². The number of rotatable bonds is 4. The molecule has 1 heterocycles. The monoisotopic (exact) mass is 235 g/mol. The van der Waals surface area contributed by atoms with Gasteiger partial charge in [0.15, 0.2) is 0 Å². The lowest BCUT2D eigenvalue weighted by Crippen LogP contribution is -2.40. The quantitative estimate of drug-likeness (QED) is 0.841. The van der Waals surface area contributed by atoms with Gasteiger partial charge < -0.3 is 15.2 Å². The summed E-state index contributed by atoms with van der Waals surface area (Å²) in [6.07, 6.45) is 1.71.